The Kier molecular flexibility index (Phi) is 5.29. The Balaban J connectivity index is 1.57. The van der Waals surface area contributed by atoms with E-state index in [0.29, 0.717) is 17.8 Å². The summed E-state index contributed by atoms with van der Waals surface area (Å²) < 4.78 is 0. The molecule has 2 amide bonds. The third kappa shape index (κ3) is 4.46. The molecule has 0 aliphatic rings. The topological polar surface area (TPSA) is 76.6 Å². The van der Waals surface area contributed by atoms with Gasteiger partial charge in [-0.25, -0.2) is 0 Å². The summed E-state index contributed by atoms with van der Waals surface area (Å²) >= 11 is 0. The van der Waals surface area contributed by atoms with Gasteiger partial charge in [0.05, 0.1) is 7.05 Å². The van der Waals surface area contributed by atoms with Crippen LogP contribution in [0.15, 0.2) is 66.7 Å². The highest BCUT2D eigenvalue weighted by Gasteiger charge is 2.11. The average Bonchev–Trinajstić information content (AvgIpc) is 2.61. The highest BCUT2D eigenvalue weighted by atomic mass is 16.2. The molecule has 5 heteroatoms. The highest BCUT2D eigenvalue weighted by Crippen LogP contribution is 2.15. The molecule has 3 aromatic rings. The van der Waals surface area contributed by atoms with Gasteiger partial charge in [-0.05, 0) is 41.1 Å². The Hall–Kier alpha value is -3.18. The molecule has 4 N–H and O–H groups in total. The summed E-state index contributed by atoms with van der Waals surface area (Å²) in [6.45, 7) is 1.11. The Labute approximate surface area is 152 Å². The fourth-order valence-corrected chi connectivity index (χ4v) is 2.96. The average molecular weight is 348 g/mol. The molecule has 26 heavy (non-hydrogen) atoms. The van der Waals surface area contributed by atoms with Crippen LogP contribution in [-0.2, 0) is 11.3 Å². The zero-order valence-electron chi connectivity index (χ0n) is 14.7. The standard InChI is InChI=1S/C21H21N3O2/c1-24(13-15-6-7-16-4-2-3-5-18(16)12-15)14-20(25)23-19-10-8-17(9-11-19)21(22)26/h2-12H,13-14H2,1H3,(H2,22,26)(H,23,25)/p+1. The van der Waals surface area contributed by atoms with Crippen LogP contribution < -0.4 is 16.0 Å². The van der Waals surface area contributed by atoms with Crippen molar-refractivity contribution >= 4 is 28.3 Å². The number of hydrogen-bond donors (Lipinski definition) is 3. The summed E-state index contributed by atoms with van der Waals surface area (Å²) in [5, 5.41) is 5.26. The second-order valence-electron chi connectivity index (χ2n) is 6.48. The van der Waals surface area contributed by atoms with E-state index in [1.165, 1.54) is 16.3 Å². The lowest BCUT2D eigenvalue weighted by Crippen LogP contribution is -3.08. The Morgan fingerprint density at radius 2 is 1.65 bits per heavy atom. The van der Waals surface area contributed by atoms with Gasteiger partial charge in [-0.1, -0.05) is 36.4 Å². The molecule has 5 nitrogen and oxygen atoms in total. The van der Waals surface area contributed by atoms with E-state index in [1.54, 1.807) is 24.3 Å². The van der Waals surface area contributed by atoms with Crippen molar-refractivity contribution in [3.63, 3.8) is 0 Å². The molecule has 1 atom stereocenters. The summed E-state index contributed by atoms with van der Waals surface area (Å²) in [5.41, 5.74) is 7.47. The quantitative estimate of drug-likeness (QED) is 0.633. The van der Waals surface area contributed by atoms with E-state index in [9.17, 15) is 9.59 Å². The van der Waals surface area contributed by atoms with Crippen LogP contribution in [0.5, 0.6) is 0 Å². The van der Waals surface area contributed by atoms with Crippen molar-refractivity contribution in [3.8, 4) is 0 Å². The minimum absolute atomic E-state index is 0.0740. The number of quaternary nitrogens is 1. The number of anilines is 1. The number of fused-ring (bicyclic) bond motifs is 1. The van der Waals surface area contributed by atoms with Gasteiger partial charge in [0.15, 0.2) is 6.54 Å². The smallest absolute Gasteiger partial charge is 0.279 e. The largest absolute Gasteiger partial charge is 0.366 e. The summed E-state index contributed by atoms with van der Waals surface area (Å²) in [4.78, 5) is 24.4. The zero-order valence-corrected chi connectivity index (χ0v) is 14.7. The van der Waals surface area contributed by atoms with Crippen LogP contribution in [0.3, 0.4) is 0 Å². The Morgan fingerprint density at radius 3 is 2.35 bits per heavy atom. The van der Waals surface area contributed by atoms with E-state index in [-0.39, 0.29) is 5.91 Å². The molecule has 0 radical (unpaired) electrons. The van der Waals surface area contributed by atoms with E-state index >= 15 is 0 Å². The van der Waals surface area contributed by atoms with Crippen molar-refractivity contribution in [2.75, 3.05) is 18.9 Å². The predicted octanol–water partition coefficient (Wildman–Crippen LogP) is 1.59. The summed E-state index contributed by atoms with van der Waals surface area (Å²) in [5.74, 6) is -0.558. The molecule has 132 valence electrons. The van der Waals surface area contributed by atoms with Crippen LogP contribution >= 0.6 is 0 Å². The van der Waals surface area contributed by atoms with Gasteiger partial charge in [0.1, 0.15) is 6.54 Å². The predicted molar refractivity (Wildman–Crippen MR) is 103 cm³/mol. The van der Waals surface area contributed by atoms with E-state index in [0.717, 1.165) is 11.4 Å². The molecule has 0 heterocycles. The van der Waals surface area contributed by atoms with Crippen molar-refractivity contribution in [2.45, 2.75) is 6.54 Å². The maximum absolute atomic E-state index is 12.2. The normalized spacial score (nSPS) is 11.9. The van der Waals surface area contributed by atoms with Crippen LogP contribution in [-0.4, -0.2) is 25.4 Å². The molecular weight excluding hydrogens is 326 g/mol. The molecule has 0 aliphatic carbocycles. The third-order valence-electron chi connectivity index (χ3n) is 4.24. The first kappa shape index (κ1) is 17.6. The number of nitrogens with two attached hydrogens (primary N) is 1. The Bertz CT molecular complexity index is 935. The molecular formula is C21H22N3O2+. The minimum atomic E-state index is -0.484. The van der Waals surface area contributed by atoms with Crippen LogP contribution in [0.25, 0.3) is 10.8 Å². The first-order chi connectivity index (χ1) is 12.5. The maximum Gasteiger partial charge on any atom is 0.279 e. The van der Waals surface area contributed by atoms with Gasteiger partial charge in [0, 0.05) is 16.8 Å². The lowest BCUT2D eigenvalue weighted by atomic mass is 10.1. The van der Waals surface area contributed by atoms with Gasteiger partial charge in [-0.3, -0.25) is 9.59 Å². The van der Waals surface area contributed by atoms with Crippen LogP contribution in [0.2, 0.25) is 0 Å². The van der Waals surface area contributed by atoms with Gasteiger partial charge in [-0.15, -0.1) is 0 Å². The number of carbonyl (C=O) groups is 2. The molecule has 1 unspecified atom stereocenters. The second-order valence-corrected chi connectivity index (χ2v) is 6.48. The van der Waals surface area contributed by atoms with Gasteiger partial charge in [0.25, 0.3) is 5.91 Å². The zero-order chi connectivity index (χ0) is 18.5. The van der Waals surface area contributed by atoms with Crippen LogP contribution in [0.1, 0.15) is 15.9 Å². The summed E-state index contributed by atoms with van der Waals surface area (Å²) in [7, 11) is 1.99. The lowest BCUT2D eigenvalue weighted by Gasteiger charge is -2.14. The molecule has 3 aromatic carbocycles. The fourth-order valence-electron chi connectivity index (χ4n) is 2.96. The van der Waals surface area contributed by atoms with Gasteiger partial charge in [-0.2, -0.15) is 0 Å². The van der Waals surface area contributed by atoms with Crippen LogP contribution in [0, 0.1) is 0 Å². The monoisotopic (exact) mass is 348 g/mol. The van der Waals surface area contributed by atoms with Crippen molar-refractivity contribution in [1.29, 1.82) is 0 Å². The van der Waals surface area contributed by atoms with Crippen molar-refractivity contribution in [2.24, 2.45) is 5.73 Å². The molecule has 0 aliphatic heterocycles. The number of carbonyl (C=O) groups excluding carboxylic acids is 2. The fraction of sp³-hybridized carbons (Fsp3) is 0.143. The number of likely N-dealkylation sites (N-methyl/N-ethyl adjacent to an activating group) is 1. The first-order valence-electron chi connectivity index (χ1n) is 8.50. The number of hydrogen-bond acceptors (Lipinski definition) is 2. The summed E-state index contributed by atoms with van der Waals surface area (Å²) in [6.07, 6.45) is 0. The highest BCUT2D eigenvalue weighted by molar-refractivity contribution is 5.95. The van der Waals surface area contributed by atoms with E-state index in [2.05, 4.69) is 35.6 Å². The van der Waals surface area contributed by atoms with Crippen LogP contribution in [0.4, 0.5) is 5.69 Å². The Morgan fingerprint density at radius 1 is 0.962 bits per heavy atom. The molecule has 0 fully saturated rings. The minimum Gasteiger partial charge on any atom is -0.366 e. The molecule has 0 spiro atoms. The van der Waals surface area contributed by atoms with Crippen molar-refractivity contribution in [3.05, 3.63) is 77.9 Å². The van der Waals surface area contributed by atoms with Gasteiger partial charge < -0.3 is 16.0 Å². The van der Waals surface area contributed by atoms with Crippen molar-refractivity contribution in [1.82, 2.24) is 0 Å². The van der Waals surface area contributed by atoms with E-state index in [1.807, 2.05) is 19.2 Å². The number of primary amides is 1. The number of nitrogens with one attached hydrogen (secondary N) is 2. The number of amides is 2. The lowest BCUT2D eigenvalue weighted by molar-refractivity contribution is -0.885. The van der Waals surface area contributed by atoms with Gasteiger partial charge in [0.2, 0.25) is 5.91 Å². The summed E-state index contributed by atoms with van der Waals surface area (Å²) in [6, 6.07) is 21.2. The molecule has 0 saturated carbocycles. The van der Waals surface area contributed by atoms with E-state index < -0.39 is 5.91 Å². The van der Waals surface area contributed by atoms with Gasteiger partial charge >= 0.3 is 0 Å². The molecule has 0 aromatic heterocycles. The van der Waals surface area contributed by atoms with E-state index in [4.69, 9.17) is 5.73 Å². The third-order valence-corrected chi connectivity index (χ3v) is 4.24. The number of rotatable bonds is 6. The maximum atomic E-state index is 12.2. The molecule has 0 bridgehead atoms. The number of benzene rings is 3. The SMILES string of the molecule is C[NH+](CC(=O)Nc1ccc(C(N)=O)cc1)Cc1ccc2ccccc2c1. The molecule has 0 saturated heterocycles. The van der Waals surface area contributed by atoms with Crippen molar-refractivity contribution < 1.29 is 14.5 Å². The first-order valence-corrected chi connectivity index (χ1v) is 8.50. The molecule has 3 rings (SSSR count). The second kappa shape index (κ2) is 7.80.